The highest BCUT2D eigenvalue weighted by Crippen LogP contribution is 2.24. The summed E-state index contributed by atoms with van der Waals surface area (Å²) in [7, 11) is 0. The second-order valence-corrected chi connectivity index (χ2v) is 5.34. The topological polar surface area (TPSA) is 28.2 Å². The van der Waals surface area contributed by atoms with Crippen molar-refractivity contribution in [2.24, 2.45) is 0 Å². The lowest BCUT2D eigenvalue weighted by atomic mass is 10.0. The number of benzene rings is 1. The normalized spacial score (nSPS) is 16.9. The molecule has 1 aliphatic heterocycles. The standard InChI is InChI=1S/C16H21N3/c1-12-13(2)18-16-6-4-3-5-14(16)15(12)11-19-9-7-17-8-10-19/h3-6,17H,7-11H2,1-2H3. The second-order valence-electron chi connectivity index (χ2n) is 5.34. The number of piperazine rings is 1. The first kappa shape index (κ1) is 12.6. The van der Waals surface area contributed by atoms with Gasteiger partial charge in [-0.2, -0.15) is 0 Å². The maximum Gasteiger partial charge on any atom is 0.0708 e. The average molecular weight is 255 g/mol. The number of rotatable bonds is 2. The van der Waals surface area contributed by atoms with Gasteiger partial charge in [-0.15, -0.1) is 0 Å². The third kappa shape index (κ3) is 2.48. The van der Waals surface area contributed by atoms with E-state index in [0.717, 1.165) is 43.9 Å². The summed E-state index contributed by atoms with van der Waals surface area (Å²) >= 11 is 0. The molecule has 0 aliphatic carbocycles. The zero-order valence-corrected chi connectivity index (χ0v) is 11.7. The van der Waals surface area contributed by atoms with Crippen molar-refractivity contribution in [3.8, 4) is 0 Å². The second kappa shape index (κ2) is 5.27. The fraction of sp³-hybridized carbons (Fsp3) is 0.438. The molecule has 1 fully saturated rings. The van der Waals surface area contributed by atoms with Crippen molar-refractivity contribution in [3.63, 3.8) is 0 Å². The highest BCUT2D eigenvalue weighted by Gasteiger charge is 2.14. The maximum atomic E-state index is 4.70. The zero-order chi connectivity index (χ0) is 13.2. The van der Waals surface area contributed by atoms with Crippen molar-refractivity contribution in [2.45, 2.75) is 20.4 Å². The Hall–Kier alpha value is -1.45. The summed E-state index contributed by atoms with van der Waals surface area (Å²) in [6.45, 7) is 9.82. The Kier molecular flexibility index (Phi) is 3.49. The molecule has 2 aromatic rings. The molecule has 0 saturated carbocycles. The van der Waals surface area contributed by atoms with E-state index in [1.54, 1.807) is 0 Å². The van der Waals surface area contributed by atoms with E-state index in [9.17, 15) is 0 Å². The molecule has 2 heterocycles. The van der Waals surface area contributed by atoms with E-state index in [0.29, 0.717) is 0 Å². The predicted octanol–water partition coefficient (Wildman–Crippen LogP) is 2.26. The molecule has 0 atom stereocenters. The van der Waals surface area contributed by atoms with E-state index >= 15 is 0 Å². The monoisotopic (exact) mass is 255 g/mol. The summed E-state index contributed by atoms with van der Waals surface area (Å²) in [6, 6.07) is 8.49. The molecular weight excluding hydrogens is 234 g/mol. The molecule has 1 N–H and O–H groups in total. The maximum absolute atomic E-state index is 4.70. The highest BCUT2D eigenvalue weighted by molar-refractivity contribution is 5.83. The van der Waals surface area contributed by atoms with E-state index < -0.39 is 0 Å². The number of pyridine rings is 1. The van der Waals surface area contributed by atoms with Crippen LogP contribution in [0.4, 0.5) is 0 Å². The number of nitrogens with one attached hydrogen (secondary N) is 1. The zero-order valence-electron chi connectivity index (χ0n) is 11.7. The summed E-state index contributed by atoms with van der Waals surface area (Å²) in [5.74, 6) is 0. The molecule has 0 radical (unpaired) electrons. The van der Waals surface area contributed by atoms with E-state index in [4.69, 9.17) is 4.98 Å². The summed E-state index contributed by atoms with van der Waals surface area (Å²) in [4.78, 5) is 7.23. The number of para-hydroxylation sites is 1. The third-order valence-corrected chi connectivity index (χ3v) is 4.10. The molecule has 0 amide bonds. The average Bonchev–Trinajstić information content (AvgIpc) is 2.45. The van der Waals surface area contributed by atoms with Crippen LogP contribution in [-0.4, -0.2) is 36.1 Å². The number of aryl methyl sites for hydroxylation is 1. The third-order valence-electron chi connectivity index (χ3n) is 4.10. The van der Waals surface area contributed by atoms with E-state index in [2.05, 4.69) is 48.3 Å². The quantitative estimate of drug-likeness (QED) is 0.892. The van der Waals surface area contributed by atoms with Crippen LogP contribution in [0, 0.1) is 13.8 Å². The predicted molar refractivity (Wildman–Crippen MR) is 79.4 cm³/mol. The SMILES string of the molecule is Cc1nc2ccccc2c(CN2CCNCC2)c1C. The highest BCUT2D eigenvalue weighted by atomic mass is 15.2. The molecule has 0 bridgehead atoms. The summed E-state index contributed by atoms with van der Waals surface area (Å²) in [5, 5.41) is 4.72. The Bertz CT molecular complexity index is 586. The van der Waals surface area contributed by atoms with Gasteiger partial charge in [0.15, 0.2) is 0 Å². The molecule has 100 valence electrons. The first-order chi connectivity index (χ1) is 9.25. The van der Waals surface area contributed by atoms with Crippen molar-refractivity contribution in [3.05, 3.63) is 41.1 Å². The lowest BCUT2D eigenvalue weighted by Crippen LogP contribution is -2.43. The van der Waals surface area contributed by atoms with Crippen LogP contribution in [0.5, 0.6) is 0 Å². The lowest BCUT2D eigenvalue weighted by Gasteiger charge is -2.28. The van der Waals surface area contributed by atoms with Crippen LogP contribution in [0.25, 0.3) is 10.9 Å². The Labute approximate surface area is 114 Å². The summed E-state index contributed by atoms with van der Waals surface area (Å²) in [5.41, 5.74) is 5.07. The Morgan fingerprint density at radius 2 is 1.89 bits per heavy atom. The van der Waals surface area contributed by atoms with E-state index in [1.165, 1.54) is 16.5 Å². The van der Waals surface area contributed by atoms with Crippen LogP contribution in [-0.2, 0) is 6.54 Å². The molecule has 1 aromatic heterocycles. The van der Waals surface area contributed by atoms with Gasteiger partial charge in [0, 0.05) is 43.8 Å². The Morgan fingerprint density at radius 1 is 1.16 bits per heavy atom. The van der Waals surface area contributed by atoms with E-state index in [-0.39, 0.29) is 0 Å². The van der Waals surface area contributed by atoms with Gasteiger partial charge in [0.1, 0.15) is 0 Å². The first-order valence-electron chi connectivity index (χ1n) is 7.03. The van der Waals surface area contributed by atoms with Gasteiger partial charge >= 0.3 is 0 Å². The van der Waals surface area contributed by atoms with Crippen LogP contribution < -0.4 is 5.32 Å². The van der Waals surface area contributed by atoms with Gasteiger partial charge in [0.25, 0.3) is 0 Å². The fourth-order valence-electron chi connectivity index (χ4n) is 2.81. The molecule has 19 heavy (non-hydrogen) atoms. The number of nitrogens with zero attached hydrogens (tertiary/aromatic N) is 2. The molecule has 1 aliphatic rings. The lowest BCUT2D eigenvalue weighted by molar-refractivity contribution is 0.233. The number of fused-ring (bicyclic) bond motifs is 1. The van der Waals surface area contributed by atoms with Gasteiger partial charge < -0.3 is 5.32 Å². The molecule has 3 heteroatoms. The van der Waals surface area contributed by atoms with Gasteiger partial charge in [-0.25, -0.2) is 0 Å². The van der Waals surface area contributed by atoms with Crippen LogP contribution in [0.1, 0.15) is 16.8 Å². The van der Waals surface area contributed by atoms with Crippen molar-refractivity contribution < 1.29 is 0 Å². The molecule has 3 rings (SSSR count). The van der Waals surface area contributed by atoms with Crippen LogP contribution in [0.2, 0.25) is 0 Å². The molecule has 1 saturated heterocycles. The molecule has 0 spiro atoms. The van der Waals surface area contributed by atoms with Crippen LogP contribution >= 0.6 is 0 Å². The minimum atomic E-state index is 1.04. The fourth-order valence-corrected chi connectivity index (χ4v) is 2.81. The molecule has 1 aromatic carbocycles. The number of aromatic nitrogens is 1. The van der Waals surface area contributed by atoms with Crippen molar-refractivity contribution in [2.75, 3.05) is 26.2 Å². The van der Waals surface area contributed by atoms with Crippen LogP contribution in [0.3, 0.4) is 0 Å². The van der Waals surface area contributed by atoms with Crippen molar-refractivity contribution in [1.82, 2.24) is 15.2 Å². The van der Waals surface area contributed by atoms with Crippen LogP contribution in [0.15, 0.2) is 24.3 Å². The van der Waals surface area contributed by atoms with Crippen molar-refractivity contribution in [1.29, 1.82) is 0 Å². The van der Waals surface area contributed by atoms with Gasteiger partial charge in [0.2, 0.25) is 0 Å². The minimum absolute atomic E-state index is 1.04. The molecule has 0 unspecified atom stereocenters. The van der Waals surface area contributed by atoms with Gasteiger partial charge in [0.05, 0.1) is 5.52 Å². The van der Waals surface area contributed by atoms with Gasteiger partial charge in [-0.3, -0.25) is 9.88 Å². The van der Waals surface area contributed by atoms with Crippen molar-refractivity contribution >= 4 is 10.9 Å². The smallest absolute Gasteiger partial charge is 0.0708 e. The molecular formula is C16H21N3. The Morgan fingerprint density at radius 3 is 2.68 bits per heavy atom. The molecule has 3 nitrogen and oxygen atoms in total. The van der Waals surface area contributed by atoms with Gasteiger partial charge in [-0.1, -0.05) is 18.2 Å². The van der Waals surface area contributed by atoms with E-state index in [1.807, 2.05) is 0 Å². The minimum Gasteiger partial charge on any atom is -0.314 e. The first-order valence-corrected chi connectivity index (χ1v) is 7.03. The number of hydrogen-bond donors (Lipinski definition) is 1. The largest absolute Gasteiger partial charge is 0.314 e. The summed E-state index contributed by atoms with van der Waals surface area (Å²) in [6.07, 6.45) is 0. The Balaban J connectivity index is 2.02. The summed E-state index contributed by atoms with van der Waals surface area (Å²) < 4.78 is 0. The number of hydrogen-bond acceptors (Lipinski definition) is 3. The van der Waals surface area contributed by atoms with Gasteiger partial charge in [-0.05, 0) is 31.0 Å².